The van der Waals surface area contributed by atoms with Crippen LogP contribution in [0.25, 0.3) is 28.1 Å². The first-order chi connectivity index (χ1) is 17.2. The van der Waals surface area contributed by atoms with Crippen molar-refractivity contribution < 1.29 is 4.79 Å². The van der Waals surface area contributed by atoms with Gasteiger partial charge in [0.05, 0.1) is 21.8 Å². The molecular weight excluding hydrogens is 462 g/mol. The van der Waals surface area contributed by atoms with Crippen LogP contribution >= 0.6 is 11.6 Å². The summed E-state index contributed by atoms with van der Waals surface area (Å²) in [6, 6.07) is 18.9. The van der Waals surface area contributed by atoms with Gasteiger partial charge in [-0.2, -0.15) is 0 Å². The van der Waals surface area contributed by atoms with Gasteiger partial charge in [-0.1, -0.05) is 41.9 Å². The van der Waals surface area contributed by atoms with Gasteiger partial charge < -0.3 is 5.32 Å². The van der Waals surface area contributed by atoms with Crippen molar-refractivity contribution >= 4 is 28.4 Å². The predicted molar refractivity (Wildman–Crippen MR) is 132 cm³/mol. The second kappa shape index (κ2) is 8.88. The fourth-order valence-corrected chi connectivity index (χ4v) is 4.74. The van der Waals surface area contributed by atoms with E-state index in [2.05, 4.69) is 30.5 Å². The lowest BCUT2D eigenvalue weighted by molar-refractivity contribution is 0.0908. The van der Waals surface area contributed by atoms with Crippen LogP contribution in [0.4, 0.5) is 0 Å². The molecule has 35 heavy (non-hydrogen) atoms. The van der Waals surface area contributed by atoms with Crippen molar-refractivity contribution in [3.63, 3.8) is 0 Å². The van der Waals surface area contributed by atoms with E-state index >= 15 is 0 Å². The molecule has 1 amide bonds. The molecule has 5 aromatic rings. The van der Waals surface area contributed by atoms with Gasteiger partial charge in [0.1, 0.15) is 17.8 Å². The molecule has 8 nitrogen and oxygen atoms in total. The van der Waals surface area contributed by atoms with Crippen molar-refractivity contribution in [2.24, 2.45) is 0 Å². The summed E-state index contributed by atoms with van der Waals surface area (Å²) in [7, 11) is 0. The third-order valence-electron chi connectivity index (χ3n) is 6.31. The van der Waals surface area contributed by atoms with Crippen LogP contribution in [0, 0.1) is 0 Å². The number of nitrogens with zero attached hydrogens (tertiary/aromatic N) is 6. The van der Waals surface area contributed by atoms with E-state index in [0.29, 0.717) is 27.6 Å². The van der Waals surface area contributed by atoms with E-state index in [4.69, 9.17) is 11.6 Å². The molecule has 9 heteroatoms. The van der Waals surface area contributed by atoms with Crippen molar-refractivity contribution in [1.29, 1.82) is 0 Å². The maximum Gasteiger partial charge on any atom is 0.253 e. The molecule has 0 radical (unpaired) electrons. The second-order valence-electron chi connectivity index (χ2n) is 8.48. The second-order valence-corrected chi connectivity index (χ2v) is 8.89. The van der Waals surface area contributed by atoms with Crippen LogP contribution in [-0.4, -0.2) is 41.7 Å². The molecule has 1 aliphatic rings. The smallest absolute Gasteiger partial charge is 0.253 e. The van der Waals surface area contributed by atoms with Gasteiger partial charge >= 0.3 is 0 Å². The highest BCUT2D eigenvalue weighted by Gasteiger charge is 2.36. The minimum atomic E-state index is -0.119. The zero-order valence-corrected chi connectivity index (χ0v) is 19.3. The third-order valence-corrected chi connectivity index (χ3v) is 6.63. The molecule has 2 aromatic carbocycles. The Hall–Kier alpha value is -4.17. The van der Waals surface area contributed by atoms with Crippen LogP contribution in [0.5, 0.6) is 0 Å². The molecule has 6 rings (SSSR count). The Labute approximate surface area is 206 Å². The first-order valence-electron chi connectivity index (χ1n) is 11.3. The van der Waals surface area contributed by atoms with Crippen LogP contribution in [0.2, 0.25) is 5.02 Å². The van der Waals surface area contributed by atoms with Crippen LogP contribution in [0.3, 0.4) is 0 Å². The minimum Gasteiger partial charge on any atom is -0.349 e. The molecule has 3 aromatic heterocycles. The SMILES string of the molecule is O=C(N[C@H]1C[C@H](c2nnc(-c3ccncn3)n2-c2ccccc2Cl)C1)c1cccc2cccnc12. The zero-order valence-electron chi connectivity index (χ0n) is 18.5. The molecule has 1 fully saturated rings. The summed E-state index contributed by atoms with van der Waals surface area (Å²) in [6.07, 6.45) is 6.35. The van der Waals surface area contributed by atoms with E-state index in [-0.39, 0.29) is 17.9 Å². The number of rotatable bonds is 5. The fraction of sp³-hybridized carbons (Fsp3) is 0.154. The number of hydrogen-bond donors (Lipinski definition) is 1. The lowest BCUT2D eigenvalue weighted by Gasteiger charge is -2.35. The van der Waals surface area contributed by atoms with Crippen LogP contribution < -0.4 is 5.32 Å². The molecular formula is C26H20ClN7O. The molecule has 1 aliphatic carbocycles. The monoisotopic (exact) mass is 481 g/mol. The van der Waals surface area contributed by atoms with E-state index < -0.39 is 0 Å². The maximum absolute atomic E-state index is 13.0. The number of amides is 1. The first kappa shape index (κ1) is 21.4. The number of hydrogen-bond acceptors (Lipinski definition) is 6. The topological polar surface area (TPSA) is 98.5 Å². The van der Waals surface area contributed by atoms with Crippen LogP contribution in [-0.2, 0) is 0 Å². The minimum absolute atomic E-state index is 0.0327. The number of halogens is 1. The highest BCUT2D eigenvalue weighted by atomic mass is 35.5. The van der Waals surface area contributed by atoms with Crippen molar-refractivity contribution in [2.75, 3.05) is 0 Å². The van der Waals surface area contributed by atoms with Gasteiger partial charge in [-0.3, -0.25) is 14.3 Å². The summed E-state index contributed by atoms with van der Waals surface area (Å²) in [5, 5.41) is 13.6. The zero-order chi connectivity index (χ0) is 23.8. The number of nitrogens with one attached hydrogen (secondary N) is 1. The number of fused-ring (bicyclic) bond motifs is 1. The molecule has 0 unspecified atom stereocenters. The van der Waals surface area contributed by atoms with Crippen molar-refractivity contribution in [3.8, 4) is 17.2 Å². The molecule has 172 valence electrons. The van der Waals surface area contributed by atoms with Crippen LogP contribution in [0.15, 0.2) is 79.4 Å². The third kappa shape index (κ3) is 3.91. The standard InChI is InChI=1S/C26H20ClN7O/c27-20-8-1-2-9-22(20)34-24(32-33-25(34)21-10-12-28-15-30-21)17-13-18(14-17)31-26(35)19-7-3-5-16-6-4-11-29-23(16)19/h1-12,15,17-18H,13-14H2,(H,31,35)/t17-,18-. The van der Waals surface area contributed by atoms with Gasteiger partial charge in [0.15, 0.2) is 5.82 Å². The molecule has 0 atom stereocenters. The Morgan fingerprint density at radius 2 is 1.80 bits per heavy atom. The molecule has 0 spiro atoms. The largest absolute Gasteiger partial charge is 0.349 e. The number of benzene rings is 2. The fourth-order valence-electron chi connectivity index (χ4n) is 4.52. The van der Waals surface area contributed by atoms with Crippen molar-refractivity contribution in [1.82, 2.24) is 35.0 Å². The van der Waals surface area contributed by atoms with E-state index in [9.17, 15) is 4.79 Å². The van der Waals surface area contributed by atoms with Crippen molar-refractivity contribution in [3.05, 3.63) is 95.8 Å². The highest BCUT2D eigenvalue weighted by molar-refractivity contribution is 6.32. The van der Waals surface area contributed by atoms with Gasteiger partial charge in [-0.15, -0.1) is 10.2 Å². The molecule has 0 bridgehead atoms. The number of pyridine rings is 1. The van der Waals surface area contributed by atoms with E-state index in [0.717, 1.165) is 29.7 Å². The molecule has 1 N–H and O–H groups in total. The van der Waals surface area contributed by atoms with Gasteiger partial charge in [0.25, 0.3) is 5.91 Å². The summed E-state index contributed by atoms with van der Waals surface area (Å²) >= 11 is 6.55. The summed E-state index contributed by atoms with van der Waals surface area (Å²) in [6.45, 7) is 0. The van der Waals surface area contributed by atoms with Gasteiger partial charge in [0, 0.05) is 29.7 Å². The Kier molecular flexibility index (Phi) is 5.42. The average Bonchev–Trinajstić information content (AvgIpc) is 3.30. The summed E-state index contributed by atoms with van der Waals surface area (Å²) in [4.78, 5) is 25.8. The van der Waals surface area contributed by atoms with E-state index in [1.165, 1.54) is 6.33 Å². The molecule has 1 saturated carbocycles. The first-order valence-corrected chi connectivity index (χ1v) is 11.7. The number of para-hydroxylation sites is 2. The number of carbonyl (C=O) groups excluding carboxylic acids is 1. The molecule has 3 heterocycles. The Morgan fingerprint density at radius 3 is 2.63 bits per heavy atom. The Morgan fingerprint density at radius 1 is 0.943 bits per heavy atom. The summed E-state index contributed by atoms with van der Waals surface area (Å²) in [5.74, 6) is 1.39. The lowest BCUT2D eigenvalue weighted by Crippen LogP contribution is -2.44. The highest BCUT2D eigenvalue weighted by Crippen LogP contribution is 2.39. The quantitative estimate of drug-likeness (QED) is 0.394. The Balaban J connectivity index is 1.26. The number of carbonyl (C=O) groups is 1. The molecule has 0 aliphatic heterocycles. The predicted octanol–water partition coefficient (Wildman–Crippen LogP) is 4.60. The molecule has 0 saturated heterocycles. The van der Waals surface area contributed by atoms with Gasteiger partial charge in [0.2, 0.25) is 0 Å². The van der Waals surface area contributed by atoms with E-state index in [1.807, 2.05) is 59.2 Å². The Bertz CT molecular complexity index is 1520. The summed E-state index contributed by atoms with van der Waals surface area (Å²) < 4.78 is 1.96. The average molecular weight is 482 g/mol. The maximum atomic E-state index is 13.0. The summed E-state index contributed by atoms with van der Waals surface area (Å²) in [5.41, 5.74) is 2.73. The van der Waals surface area contributed by atoms with Crippen molar-refractivity contribution in [2.45, 2.75) is 24.8 Å². The van der Waals surface area contributed by atoms with E-state index in [1.54, 1.807) is 18.5 Å². The normalized spacial score (nSPS) is 17.2. The van der Waals surface area contributed by atoms with Crippen LogP contribution in [0.1, 0.15) is 34.9 Å². The van der Waals surface area contributed by atoms with Gasteiger partial charge in [-0.05, 0) is 43.2 Å². The number of aromatic nitrogens is 6. The lowest BCUT2D eigenvalue weighted by atomic mass is 9.79. The van der Waals surface area contributed by atoms with Gasteiger partial charge in [-0.25, -0.2) is 9.97 Å².